The van der Waals surface area contributed by atoms with Crippen LogP contribution >= 0.6 is 12.6 Å². The molecule has 0 aromatic rings. The Kier molecular flexibility index (Phi) is 26.9. The lowest BCUT2D eigenvalue weighted by Crippen LogP contribution is -2.45. The fraction of sp³-hybridized carbons (Fsp3) is 0.938. The molecule has 21 heavy (non-hydrogen) atoms. The number of ether oxygens (including phenoxy) is 1. The first-order chi connectivity index (χ1) is 10.1. The van der Waals surface area contributed by atoms with Crippen LogP contribution < -0.4 is 5.32 Å². The van der Waals surface area contributed by atoms with Crippen molar-refractivity contribution in [3.05, 3.63) is 0 Å². The molecule has 1 fully saturated rings. The van der Waals surface area contributed by atoms with E-state index >= 15 is 0 Å². The zero-order valence-electron chi connectivity index (χ0n) is 15.2. The highest BCUT2D eigenvalue weighted by molar-refractivity contribution is 7.80. The Morgan fingerprint density at radius 2 is 1.57 bits per heavy atom. The number of hydrogen-bond acceptors (Lipinski definition) is 5. The lowest BCUT2D eigenvalue weighted by atomic mass is 10.3. The summed E-state index contributed by atoms with van der Waals surface area (Å²) in [5.41, 5.74) is -0.310. The minimum Gasteiger partial charge on any atom is -0.451 e. The number of rotatable bonds is 4. The molecule has 5 heteroatoms. The molecule has 1 aliphatic rings. The van der Waals surface area contributed by atoms with Crippen molar-refractivity contribution < 1.29 is 9.53 Å². The van der Waals surface area contributed by atoms with E-state index in [-0.39, 0.29) is 11.4 Å². The summed E-state index contributed by atoms with van der Waals surface area (Å²) in [5, 5.41) is 3.22. The highest BCUT2D eigenvalue weighted by Crippen LogP contribution is 1.98. The van der Waals surface area contributed by atoms with Crippen LogP contribution in [-0.2, 0) is 9.53 Å². The molecule has 1 atom stereocenters. The number of unbranched alkanes of at least 4 members (excludes halogenated alkanes) is 1. The summed E-state index contributed by atoms with van der Waals surface area (Å²) in [4.78, 5) is 13.3. The van der Waals surface area contributed by atoms with E-state index in [9.17, 15) is 4.79 Å². The molecular formula is C16H38N2O2S. The molecule has 1 unspecified atom stereocenters. The van der Waals surface area contributed by atoms with Crippen molar-refractivity contribution in [2.45, 2.75) is 66.7 Å². The molecule has 130 valence electrons. The minimum absolute atomic E-state index is 0.190. The molecule has 1 aliphatic heterocycles. The second-order valence-corrected chi connectivity index (χ2v) is 4.84. The third kappa shape index (κ3) is 22.2. The monoisotopic (exact) mass is 322 g/mol. The van der Waals surface area contributed by atoms with E-state index < -0.39 is 0 Å². The molecule has 0 saturated carbocycles. The Balaban J connectivity index is -0.000000343. The van der Waals surface area contributed by atoms with Crippen LogP contribution in [0.3, 0.4) is 0 Å². The van der Waals surface area contributed by atoms with E-state index in [1.807, 2.05) is 27.7 Å². The molecule has 0 radical (unpaired) electrons. The Labute approximate surface area is 138 Å². The van der Waals surface area contributed by atoms with Gasteiger partial charge in [-0.1, -0.05) is 54.4 Å². The number of nitrogens with zero attached hydrogens (tertiary/aromatic N) is 1. The maximum Gasteiger partial charge on any atom is 0.321 e. The van der Waals surface area contributed by atoms with E-state index in [0.717, 1.165) is 26.2 Å². The van der Waals surface area contributed by atoms with Crippen LogP contribution in [0.5, 0.6) is 0 Å². The van der Waals surface area contributed by atoms with Gasteiger partial charge < -0.3 is 10.1 Å². The van der Waals surface area contributed by atoms with Gasteiger partial charge in [-0.3, -0.25) is 9.69 Å². The fourth-order valence-electron chi connectivity index (χ4n) is 1.28. The molecule has 1 rings (SSSR count). The lowest BCUT2D eigenvalue weighted by molar-refractivity contribution is -0.145. The van der Waals surface area contributed by atoms with Gasteiger partial charge in [0.25, 0.3) is 0 Å². The van der Waals surface area contributed by atoms with E-state index in [4.69, 9.17) is 4.74 Å². The van der Waals surface area contributed by atoms with Crippen LogP contribution in [0.4, 0.5) is 0 Å². The molecular weight excluding hydrogens is 284 g/mol. The summed E-state index contributed by atoms with van der Waals surface area (Å²) in [5.74, 6) is -0.190. The molecule has 0 bridgehead atoms. The van der Waals surface area contributed by atoms with Gasteiger partial charge in [-0.2, -0.15) is 0 Å². The smallest absolute Gasteiger partial charge is 0.321 e. The van der Waals surface area contributed by atoms with Gasteiger partial charge in [0.1, 0.15) is 5.44 Å². The Morgan fingerprint density at radius 1 is 1.14 bits per heavy atom. The Morgan fingerprint density at radius 3 is 1.90 bits per heavy atom. The lowest BCUT2D eigenvalue weighted by Gasteiger charge is -2.26. The van der Waals surface area contributed by atoms with E-state index in [2.05, 4.69) is 36.7 Å². The van der Waals surface area contributed by atoms with Gasteiger partial charge in [-0.15, -0.1) is 12.6 Å². The quantitative estimate of drug-likeness (QED) is 0.472. The van der Waals surface area contributed by atoms with E-state index in [1.54, 1.807) is 6.92 Å². The summed E-state index contributed by atoms with van der Waals surface area (Å²) < 4.78 is 4.92. The largest absolute Gasteiger partial charge is 0.451 e. The SMILES string of the molecule is CC.CC.CC(S)OC(=O)CN1CCNCC1.CCCC. The Bertz CT molecular complexity index is 195. The molecule has 1 heterocycles. The van der Waals surface area contributed by atoms with Crippen molar-refractivity contribution in [1.29, 1.82) is 0 Å². The predicted molar refractivity (Wildman–Crippen MR) is 97.1 cm³/mol. The minimum atomic E-state index is -0.310. The summed E-state index contributed by atoms with van der Waals surface area (Å²) in [6, 6.07) is 0. The maximum absolute atomic E-state index is 11.2. The first kappa shape index (κ1) is 25.7. The van der Waals surface area contributed by atoms with Gasteiger partial charge >= 0.3 is 5.97 Å². The van der Waals surface area contributed by atoms with Crippen LogP contribution in [0.15, 0.2) is 0 Å². The third-order valence-corrected chi connectivity index (χ3v) is 2.47. The first-order valence-corrected chi connectivity index (χ1v) is 8.92. The van der Waals surface area contributed by atoms with Gasteiger partial charge in [0.2, 0.25) is 0 Å². The first-order valence-electron chi connectivity index (χ1n) is 8.40. The average molecular weight is 323 g/mol. The molecule has 0 aliphatic carbocycles. The van der Waals surface area contributed by atoms with Crippen LogP contribution in [0.25, 0.3) is 0 Å². The standard InChI is InChI=1S/C8H16N2O2S.C4H10.2C2H6/c1-7(13)12-8(11)6-10-4-2-9-3-5-10;1-3-4-2;2*1-2/h7,9,13H,2-6H2,1H3;3-4H2,1-2H3;2*1-2H3. The van der Waals surface area contributed by atoms with E-state index in [1.165, 1.54) is 12.8 Å². The second kappa shape index (κ2) is 22.0. The normalized spacial score (nSPS) is 15.0. The van der Waals surface area contributed by atoms with Crippen molar-refractivity contribution in [2.75, 3.05) is 32.7 Å². The zero-order valence-corrected chi connectivity index (χ0v) is 16.1. The molecule has 0 aromatic carbocycles. The van der Waals surface area contributed by atoms with Crippen molar-refractivity contribution in [3.63, 3.8) is 0 Å². The summed E-state index contributed by atoms with van der Waals surface area (Å²) in [7, 11) is 0. The number of piperazine rings is 1. The van der Waals surface area contributed by atoms with Crippen LogP contribution in [0.1, 0.15) is 61.3 Å². The molecule has 0 amide bonds. The van der Waals surface area contributed by atoms with Gasteiger partial charge in [-0.25, -0.2) is 0 Å². The topological polar surface area (TPSA) is 41.6 Å². The predicted octanol–water partition coefficient (Wildman–Crippen LogP) is 3.57. The van der Waals surface area contributed by atoms with Crippen molar-refractivity contribution in [2.24, 2.45) is 0 Å². The van der Waals surface area contributed by atoms with Crippen molar-refractivity contribution in [1.82, 2.24) is 10.2 Å². The summed E-state index contributed by atoms with van der Waals surface area (Å²) >= 11 is 3.98. The second-order valence-electron chi connectivity index (χ2n) is 4.12. The van der Waals surface area contributed by atoms with Crippen molar-refractivity contribution in [3.8, 4) is 0 Å². The Hall–Kier alpha value is -0.260. The zero-order chi connectivity index (χ0) is 17.1. The van der Waals surface area contributed by atoms with Gasteiger partial charge in [0.15, 0.2) is 0 Å². The highest BCUT2D eigenvalue weighted by atomic mass is 32.1. The van der Waals surface area contributed by atoms with Crippen molar-refractivity contribution >= 4 is 18.6 Å². The highest BCUT2D eigenvalue weighted by Gasteiger charge is 2.14. The number of nitrogens with one attached hydrogen (secondary N) is 1. The van der Waals surface area contributed by atoms with Gasteiger partial charge in [-0.05, 0) is 6.92 Å². The molecule has 0 aromatic heterocycles. The molecule has 4 nitrogen and oxygen atoms in total. The fourth-order valence-corrected chi connectivity index (χ4v) is 1.40. The van der Waals surface area contributed by atoms with Crippen LogP contribution in [0.2, 0.25) is 0 Å². The number of esters is 1. The third-order valence-electron chi connectivity index (χ3n) is 2.36. The average Bonchev–Trinajstić information content (AvgIpc) is 2.51. The number of carbonyl (C=O) groups is 1. The number of hydrogen-bond donors (Lipinski definition) is 2. The van der Waals surface area contributed by atoms with Gasteiger partial charge in [0, 0.05) is 26.2 Å². The summed E-state index contributed by atoms with van der Waals surface area (Å²) in [6.45, 7) is 18.2. The van der Waals surface area contributed by atoms with Crippen LogP contribution in [-0.4, -0.2) is 49.0 Å². The van der Waals surface area contributed by atoms with E-state index in [0.29, 0.717) is 6.54 Å². The molecule has 1 saturated heterocycles. The van der Waals surface area contributed by atoms with Crippen LogP contribution in [0, 0.1) is 0 Å². The number of carbonyl (C=O) groups excluding carboxylic acids is 1. The molecule has 0 spiro atoms. The maximum atomic E-state index is 11.2. The summed E-state index contributed by atoms with van der Waals surface area (Å²) in [6.07, 6.45) is 2.64. The van der Waals surface area contributed by atoms with Gasteiger partial charge in [0.05, 0.1) is 6.54 Å². The number of thiol groups is 1. The molecule has 1 N–H and O–H groups in total.